The Balaban J connectivity index is 2.13. The van der Waals surface area contributed by atoms with Crippen LogP contribution in [0.15, 0.2) is 65.6 Å². The minimum absolute atomic E-state index is 0.382. The van der Waals surface area contributed by atoms with Crippen LogP contribution in [0.5, 0.6) is 5.75 Å². The monoisotopic (exact) mass is 364 g/mol. The van der Waals surface area contributed by atoms with Gasteiger partial charge in [-0.3, -0.25) is 4.79 Å². The molecule has 0 atom stereocenters. The Morgan fingerprint density at radius 1 is 1.07 bits per heavy atom. The summed E-state index contributed by atoms with van der Waals surface area (Å²) in [6.45, 7) is 4.74. The summed E-state index contributed by atoms with van der Waals surface area (Å²) in [4.78, 5) is 23.0. The number of carbonyl (C=O) groups is 1. The standard InChI is InChI=1S/C21H20N2O4/c1-14(2)13-27-19-10-6-4-8-16(19)15-7-3-5-9-17(15)23-12-11-18(24)20(22-23)21(25)26/h3-12,14H,13H2,1-2H3,(H,25,26). The second-order valence-corrected chi connectivity index (χ2v) is 6.50. The molecular formula is C21H20N2O4. The van der Waals surface area contributed by atoms with Crippen LogP contribution in [-0.2, 0) is 0 Å². The molecular weight excluding hydrogens is 344 g/mol. The van der Waals surface area contributed by atoms with Crippen molar-refractivity contribution in [2.75, 3.05) is 6.61 Å². The normalized spacial score (nSPS) is 10.8. The SMILES string of the molecule is CC(C)COc1ccccc1-c1ccccc1-n1ccc(=O)c(C(=O)O)n1. The molecule has 2 aromatic carbocycles. The molecule has 138 valence electrons. The van der Waals surface area contributed by atoms with Crippen molar-refractivity contribution in [3.05, 3.63) is 76.7 Å². The molecule has 27 heavy (non-hydrogen) atoms. The smallest absolute Gasteiger partial charge is 0.360 e. The van der Waals surface area contributed by atoms with Crippen molar-refractivity contribution < 1.29 is 14.6 Å². The quantitative estimate of drug-likeness (QED) is 0.722. The van der Waals surface area contributed by atoms with Crippen LogP contribution in [0.1, 0.15) is 24.3 Å². The number of aromatic carboxylic acids is 1. The maximum absolute atomic E-state index is 11.7. The van der Waals surface area contributed by atoms with E-state index in [0.717, 1.165) is 16.9 Å². The van der Waals surface area contributed by atoms with Gasteiger partial charge in [0.1, 0.15) is 5.75 Å². The second kappa shape index (κ2) is 7.86. The van der Waals surface area contributed by atoms with Gasteiger partial charge in [-0.15, -0.1) is 0 Å². The lowest BCUT2D eigenvalue weighted by molar-refractivity contribution is 0.0687. The van der Waals surface area contributed by atoms with E-state index in [1.165, 1.54) is 16.9 Å². The lowest BCUT2D eigenvalue weighted by atomic mass is 10.0. The molecule has 0 saturated carbocycles. The summed E-state index contributed by atoms with van der Waals surface area (Å²) in [7, 11) is 0. The van der Waals surface area contributed by atoms with Crippen molar-refractivity contribution in [3.8, 4) is 22.6 Å². The molecule has 6 heteroatoms. The van der Waals surface area contributed by atoms with Gasteiger partial charge >= 0.3 is 5.97 Å². The lowest BCUT2D eigenvalue weighted by Gasteiger charge is -2.16. The molecule has 1 aromatic heterocycles. The van der Waals surface area contributed by atoms with Crippen molar-refractivity contribution in [1.82, 2.24) is 9.78 Å². The van der Waals surface area contributed by atoms with Crippen LogP contribution < -0.4 is 10.2 Å². The van der Waals surface area contributed by atoms with E-state index in [4.69, 9.17) is 4.74 Å². The topological polar surface area (TPSA) is 81.4 Å². The Hall–Kier alpha value is -3.41. The van der Waals surface area contributed by atoms with Gasteiger partial charge in [0.15, 0.2) is 0 Å². The molecule has 0 spiro atoms. The average Bonchev–Trinajstić information content (AvgIpc) is 2.67. The summed E-state index contributed by atoms with van der Waals surface area (Å²) < 4.78 is 7.35. The fraction of sp³-hybridized carbons (Fsp3) is 0.190. The maximum atomic E-state index is 11.7. The first-order valence-corrected chi connectivity index (χ1v) is 8.62. The third-order valence-electron chi connectivity index (χ3n) is 3.91. The number of aromatic nitrogens is 2. The van der Waals surface area contributed by atoms with Crippen LogP contribution in [0.4, 0.5) is 0 Å². The molecule has 0 aliphatic rings. The van der Waals surface area contributed by atoms with Gasteiger partial charge in [0.25, 0.3) is 0 Å². The first kappa shape index (κ1) is 18.4. The van der Waals surface area contributed by atoms with Crippen LogP contribution >= 0.6 is 0 Å². The maximum Gasteiger partial charge on any atom is 0.360 e. The molecule has 1 heterocycles. The van der Waals surface area contributed by atoms with Gasteiger partial charge in [-0.2, -0.15) is 5.10 Å². The van der Waals surface area contributed by atoms with Gasteiger partial charge in [0, 0.05) is 23.4 Å². The Labute approximate surface area is 156 Å². The van der Waals surface area contributed by atoms with E-state index in [-0.39, 0.29) is 0 Å². The molecule has 0 fully saturated rings. The van der Waals surface area contributed by atoms with Crippen LogP contribution in [0.3, 0.4) is 0 Å². The van der Waals surface area contributed by atoms with E-state index in [2.05, 4.69) is 18.9 Å². The van der Waals surface area contributed by atoms with Gasteiger partial charge in [-0.05, 0) is 18.1 Å². The summed E-state index contributed by atoms with van der Waals surface area (Å²) in [5, 5.41) is 13.2. The van der Waals surface area contributed by atoms with Crippen molar-refractivity contribution in [1.29, 1.82) is 0 Å². The molecule has 3 aromatic rings. The predicted octanol–water partition coefficient (Wildman–Crippen LogP) is 3.63. The van der Waals surface area contributed by atoms with Crippen LogP contribution in [0, 0.1) is 5.92 Å². The molecule has 0 bridgehead atoms. The zero-order valence-electron chi connectivity index (χ0n) is 15.1. The average molecular weight is 364 g/mol. The zero-order chi connectivity index (χ0) is 19.4. The third-order valence-corrected chi connectivity index (χ3v) is 3.91. The van der Waals surface area contributed by atoms with E-state index in [9.17, 15) is 14.7 Å². The number of carboxylic acids is 1. The number of carboxylic acid groups (broad SMARTS) is 1. The van der Waals surface area contributed by atoms with E-state index in [0.29, 0.717) is 18.2 Å². The van der Waals surface area contributed by atoms with E-state index >= 15 is 0 Å². The number of hydrogen-bond donors (Lipinski definition) is 1. The predicted molar refractivity (Wildman–Crippen MR) is 103 cm³/mol. The zero-order valence-corrected chi connectivity index (χ0v) is 15.1. The van der Waals surface area contributed by atoms with Crippen LogP contribution in [0.25, 0.3) is 16.8 Å². The van der Waals surface area contributed by atoms with Crippen molar-refractivity contribution in [2.45, 2.75) is 13.8 Å². The highest BCUT2D eigenvalue weighted by Crippen LogP contribution is 2.33. The Bertz CT molecular complexity index is 1020. The minimum Gasteiger partial charge on any atom is -0.493 e. The van der Waals surface area contributed by atoms with Crippen molar-refractivity contribution in [2.24, 2.45) is 5.92 Å². The fourth-order valence-electron chi connectivity index (χ4n) is 2.66. The van der Waals surface area contributed by atoms with Crippen molar-refractivity contribution in [3.63, 3.8) is 0 Å². The van der Waals surface area contributed by atoms with Gasteiger partial charge in [-0.25, -0.2) is 9.48 Å². The largest absolute Gasteiger partial charge is 0.493 e. The number of benzene rings is 2. The van der Waals surface area contributed by atoms with Gasteiger partial charge in [-0.1, -0.05) is 50.2 Å². The molecule has 1 N–H and O–H groups in total. The second-order valence-electron chi connectivity index (χ2n) is 6.50. The highest BCUT2D eigenvalue weighted by atomic mass is 16.5. The molecule has 0 unspecified atom stereocenters. The molecule has 6 nitrogen and oxygen atoms in total. The lowest BCUT2D eigenvalue weighted by Crippen LogP contribution is -2.20. The van der Waals surface area contributed by atoms with Crippen molar-refractivity contribution >= 4 is 5.97 Å². The fourth-order valence-corrected chi connectivity index (χ4v) is 2.66. The first-order chi connectivity index (χ1) is 13.0. The number of ether oxygens (including phenoxy) is 1. The Morgan fingerprint density at radius 2 is 1.74 bits per heavy atom. The van der Waals surface area contributed by atoms with Gasteiger partial charge in [0.2, 0.25) is 11.1 Å². The highest BCUT2D eigenvalue weighted by molar-refractivity contribution is 5.85. The Kier molecular flexibility index (Phi) is 5.35. The van der Waals surface area contributed by atoms with E-state index in [1.54, 1.807) is 0 Å². The van der Waals surface area contributed by atoms with E-state index < -0.39 is 17.1 Å². The molecule has 0 aliphatic carbocycles. The van der Waals surface area contributed by atoms with Crippen LogP contribution in [0.2, 0.25) is 0 Å². The first-order valence-electron chi connectivity index (χ1n) is 8.62. The number of nitrogens with zero attached hydrogens (tertiary/aromatic N) is 2. The van der Waals surface area contributed by atoms with Crippen LogP contribution in [-0.4, -0.2) is 27.5 Å². The van der Waals surface area contributed by atoms with Gasteiger partial charge in [0.05, 0.1) is 12.3 Å². The summed E-state index contributed by atoms with van der Waals surface area (Å²) in [6.07, 6.45) is 1.46. The minimum atomic E-state index is -1.35. The number of para-hydroxylation sites is 2. The molecule has 0 aliphatic heterocycles. The number of hydrogen-bond acceptors (Lipinski definition) is 4. The third kappa shape index (κ3) is 4.06. The Morgan fingerprint density at radius 3 is 2.44 bits per heavy atom. The summed E-state index contributed by atoms with van der Waals surface area (Å²) in [5.41, 5.74) is 1.20. The van der Waals surface area contributed by atoms with E-state index in [1.807, 2.05) is 48.5 Å². The summed E-state index contributed by atoms with van der Waals surface area (Å²) >= 11 is 0. The molecule has 3 rings (SSSR count). The molecule has 0 saturated heterocycles. The molecule has 0 radical (unpaired) electrons. The van der Waals surface area contributed by atoms with Gasteiger partial charge < -0.3 is 9.84 Å². The summed E-state index contributed by atoms with van der Waals surface area (Å²) in [5.74, 6) is -0.238. The molecule has 0 amide bonds. The number of rotatable bonds is 6. The summed E-state index contributed by atoms with van der Waals surface area (Å²) in [6, 6.07) is 16.3. The highest BCUT2D eigenvalue weighted by Gasteiger charge is 2.15.